The maximum absolute atomic E-state index is 9.88. The molecular formula is C17H27NO3. The molecule has 2 rings (SSSR count). The Hall–Kier alpha value is -1.10. The van der Waals surface area contributed by atoms with Crippen molar-refractivity contribution in [2.45, 2.75) is 32.3 Å². The number of ether oxygens (including phenoxy) is 1. The number of aliphatic hydroxyl groups is 1. The van der Waals surface area contributed by atoms with E-state index in [1.165, 1.54) is 0 Å². The Balaban J connectivity index is 1.49. The number of nitrogens with one attached hydrogen (secondary N) is 1. The Kier molecular flexibility index (Phi) is 7.00. The summed E-state index contributed by atoms with van der Waals surface area (Å²) in [5, 5.41) is 13.1. The average molecular weight is 293 g/mol. The number of aliphatic hydroxyl groups excluding tert-OH is 1. The Bertz CT molecular complexity index is 402. The summed E-state index contributed by atoms with van der Waals surface area (Å²) < 4.78 is 10.9. The molecule has 1 aromatic rings. The molecular weight excluding hydrogens is 266 g/mol. The molecule has 118 valence electrons. The van der Waals surface area contributed by atoms with Gasteiger partial charge in [0.25, 0.3) is 0 Å². The number of rotatable bonds is 9. The Labute approximate surface area is 127 Å². The summed E-state index contributed by atoms with van der Waals surface area (Å²) in [6, 6.07) is 3.85. The zero-order chi connectivity index (χ0) is 14.9. The van der Waals surface area contributed by atoms with Crippen LogP contribution in [-0.2, 0) is 11.2 Å². The lowest BCUT2D eigenvalue weighted by molar-refractivity contribution is 0.0129. The molecule has 0 bridgehead atoms. The van der Waals surface area contributed by atoms with E-state index in [-0.39, 0.29) is 0 Å². The molecule has 0 saturated carbocycles. The highest BCUT2D eigenvalue weighted by molar-refractivity contribution is 4.98. The molecule has 1 aliphatic carbocycles. The van der Waals surface area contributed by atoms with Gasteiger partial charge in [0.15, 0.2) is 0 Å². The van der Waals surface area contributed by atoms with Crippen molar-refractivity contribution in [1.82, 2.24) is 5.32 Å². The molecule has 0 spiro atoms. The van der Waals surface area contributed by atoms with Crippen LogP contribution >= 0.6 is 0 Å². The van der Waals surface area contributed by atoms with Gasteiger partial charge in [-0.25, -0.2) is 0 Å². The predicted molar refractivity (Wildman–Crippen MR) is 83.1 cm³/mol. The van der Waals surface area contributed by atoms with E-state index in [0.717, 1.165) is 38.2 Å². The highest BCUT2D eigenvalue weighted by Gasteiger charge is 2.18. The molecule has 4 heteroatoms. The first-order valence-electron chi connectivity index (χ1n) is 7.89. The fourth-order valence-corrected chi connectivity index (χ4v) is 2.59. The van der Waals surface area contributed by atoms with E-state index in [9.17, 15) is 5.11 Å². The number of hydrogen-bond acceptors (Lipinski definition) is 4. The molecule has 0 aliphatic heterocycles. The van der Waals surface area contributed by atoms with Crippen LogP contribution in [0.1, 0.15) is 25.5 Å². The number of furan rings is 1. The van der Waals surface area contributed by atoms with Gasteiger partial charge in [-0.3, -0.25) is 0 Å². The van der Waals surface area contributed by atoms with Gasteiger partial charge in [0.2, 0.25) is 0 Å². The molecule has 0 radical (unpaired) electrons. The largest absolute Gasteiger partial charge is 0.469 e. The van der Waals surface area contributed by atoms with Gasteiger partial charge in [0.05, 0.1) is 25.6 Å². The maximum atomic E-state index is 9.88. The quantitative estimate of drug-likeness (QED) is 0.542. The van der Waals surface area contributed by atoms with Crippen LogP contribution in [-0.4, -0.2) is 37.5 Å². The molecule has 0 amide bonds. The minimum absolute atomic E-state index is 0.403. The summed E-state index contributed by atoms with van der Waals surface area (Å²) in [6.45, 7) is 4.77. The second kappa shape index (κ2) is 9.03. The van der Waals surface area contributed by atoms with Gasteiger partial charge in [0.1, 0.15) is 5.76 Å². The molecule has 1 aromatic heterocycles. The second-order valence-electron chi connectivity index (χ2n) is 5.90. The Morgan fingerprint density at radius 2 is 2.29 bits per heavy atom. The van der Waals surface area contributed by atoms with E-state index >= 15 is 0 Å². The topological polar surface area (TPSA) is 54.6 Å². The molecule has 3 atom stereocenters. The van der Waals surface area contributed by atoms with E-state index in [0.29, 0.717) is 25.0 Å². The monoisotopic (exact) mass is 293 g/mol. The summed E-state index contributed by atoms with van der Waals surface area (Å²) >= 11 is 0. The van der Waals surface area contributed by atoms with E-state index in [4.69, 9.17) is 9.15 Å². The van der Waals surface area contributed by atoms with Gasteiger partial charge < -0.3 is 19.6 Å². The minimum atomic E-state index is -0.448. The third-order valence-corrected chi connectivity index (χ3v) is 4.07. The molecule has 2 N–H and O–H groups in total. The lowest BCUT2D eigenvalue weighted by Gasteiger charge is -2.25. The highest BCUT2D eigenvalue weighted by Crippen LogP contribution is 2.24. The average Bonchev–Trinajstić information content (AvgIpc) is 2.99. The van der Waals surface area contributed by atoms with Crippen LogP contribution in [0.5, 0.6) is 0 Å². The van der Waals surface area contributed by atoms with Crippen molar-refractivity contribution in [3.63, 3.8) is 0 Å². The van der Waals surface area contributed by atoms with Gasteiger partial charge in [-0.2, -0.15) is 0 Å². The van der Waals surface area contributed by atoms with Crippen LogP contribution in [0.15, 0.2) is 35.0 Å². The summed E-state index contributed by atoms with van der Waals surface area (Å²) in [5.41, 5.74) is 0. The van der Waals surface area contributed by atoms with E-state index in [1.54, 1.807) is 6.26 Å². The lowest BCUT2D eigenvalue weighted by Crippen LogP contribution is -2.32. The first kappa shape index (κ1) is 16.3. The normalized spacial score (nSPS) is 23.3. The third-order valence-electron chi connectivity index (χ3n) is 4.07. The summed E-state index contributed by atoms with van der Waals surface area (Å²) in [5.74, 6) is 2.24. The molecule has 0 fully saturated rings. The fourth-order valence-electron chi connectivity index (χ4n) is 2.59. The summed E-state index contributed by atoms with van der Waals surface area (Å²) in [7, 11) is 0. The Morgan fingerprint density at radius 1 is 1.43 bits per heavy atom. The maximum Gasteiger partial charge on any atom is 0.105 e. The van der Waals surface area contributed by atoms with Crippen LogP contribution in [0.4, 0.5) is 0 Å². The number of allylic oxidation sites excluding steroid dienone is 2. The molecule has 21 heavy (non-hydrogen) atoms. The zero-order valence-corrected chi connectivity index (χ0v) is 12.8. The molecule has 3 unspecified atom stereocenters. The Morgan fingerprint density at radius 3 is 3.05 bits per heavy atom. The SMILES string of the molecule is CC1CC=CCC1COCC(O)CNCCc1ccco1. The smallest absolute Gasteiger partial charge is 0.105 e. The first-order chi connectivity index (χ1) is 10.3. The van der Waals surface area contributed by atoms with Crippen LogP contribution in [0, 0.1) is 11.8 Å². The van der Waals surface area contributed by atoms with E-state index in [1.807, 2.05) is 12.1 Å². The minimum Gasteiger partial charge on any atom is -0.469 e. The molecule has 0 aromatic carbocycles. The molecule has 1 aliphatic rings. The van der Waals surface area contributed by atoms with E-state index < -0.39 is 6.10 Å². The summed E-state index contributed by atoms with van der Waals surface area (Å²) in [6.07, 6.45) is 8.80. The van der Waals surface area contributed by atoms with Crippen molar-refractivity contribution in [2.75, 3.05) is 26.3 Å². The van der Waals surface area contributed by atoms with Crippen LogP contribution in [0.2, 0.25) is 0 Å². The van der Waals surface area contributed by atoms with Crippen molar-refractivity contribution in [2.24, 2.45) is 11.8 Å². The van der Waals surface area contributed by atoms with Gasteiger partial charge in [-0.05, 0) is 36.8 Å². The predicted octanol–water partition coefficient (Wildman–Crippen LogP) is 2.39. The zero-order valence-electron chi connectivity index (χ0n) is 12.8. The van der Waals surface area contributed by atoms with Crippen molar-refractivity contribution in [1.29, 1.82) is 0 Å². The van der Waals surface area contributed by atoms with Gasteiger partial charge >= 0.3 is 0 Å². The van der Waals surface area contributed by atoms with Gasteiger partial charge in [-0.1, -0.05) is 19.1 Å². The third kappa shape index (κ3) is 6.04. The van der Waals surface area contributed by atoms with Gasteiger partial charge in [-0.15, -0.1) is 0 Å². The van der Waals surface area contributed by atoms with Crippen LogP contribution < -0.4 is 5.32 Å². The molecule has 0 saturated heterocycles. The number of hydrogen-bond donors (Lipinski definition) is 2. The van der Waals surface area contributed by atoms with Crippen LogP contribution in [0.3, 0.4) is 0 Å². The fraction of sp³-hybridized carbons (Fsp3) is 0.647. The first-order valence-corrected chi connectivity index (χ1v) is 7.89. The van der Waals surface area contributed by atoms with Crippen molar-refractivity contribution >= 4 is 0 Å². The highest BCUT2D eigenvalue weighted by atomic mass is 16.5. The van der Waals surface area contributed by atoms with Crippen LogP contribution in [0.25, 0.3) is 0 Å². The van der Waals surface area contributed by atoms with Crippen molar-refractivity contribution in [3.05, 3.63) is 36.3 Å². The molecule has 4 nitrogen and oxygen atoms in total. The van der Waals surface area contributed by atoms with Crippen molar-refractivity contribution < 1.29 is 14.3 Å². The summed E-state index contributed by atoms with van der Waals surface area (Å²) in [4.78, 5) is 0. The standard InChI is InChI=1S/C17H27NO3/c1-14-5-2-3-6-15(14)12-20-13-16(19)11-18-9-8-17-7-4-10-21-17/h2-4,7,10,14-16,18-19H,5-6,8-9,11-13H2,1H3. The molecule has 1 heterocycles. The lowest BCUT2D eigenvalue weighted by atomic mass is 9.85. The van der Waals surface area contributed by atoms with Crippen molar-refractivity contribution in [3.8, 4) is 0 Å². The van der Waals surface area contributed by atoms with E-state index in [2.05, 4.69) is 24.4 Å². The second-order valence-corrected chi connectivity index (χ2v) is 5.90. The van der Waals surface area contributed by atoms with Gasteiger partial charge in [0, 0.05) is 19.5 Å².